The van der Waals surface area contributed by atoms with Crippen LogP contribution in [0.5, 0.6) is 0 Å². The number of carbonyl (C=O) groups is 2. The molecule has 0 aliphatic carbocycles. The molecule has 2 aromatic rings. The van der Waals surface area contributed by atoms with E-state index in [-0.39, 0.29) is 18.0 Å². The van der Waals surface area contributed by atoms with Gasteiger partial charge in [0.1, 0.15) is 11.7 Å². The van der Waals surface area contributed by atoms with Crippen molar-refractivity contribution in [1.82, 2.24) is 24.5 Å². The van der Waals surface area contributed by atoms with Gasteiger partial charge in [-0.05, 0) is 31.0 Å². The van der Waals surface area contributed by atoms with Crippen LogP contribution < -0.4 is 5.32 Å². The highest BCUT2D eigenvalue weighted by molar-refractivity contribution is 5.88. The smallest absolute Gasteiger partial charge is 0.318 e. The highest BCUT2D eigenvalue weighted by Gasteiger charge is 2.35. The molecule has 0 aromatic carbocycles. The number of hydrogen-bond acceptors (Lipinski definition) is 3. The highest BCUT2D eigenvalue weighted by Crippen LogP contribution is 2.16. The van der Waals surface area contributed by atoms with Gasteiger partial charge in [-0.2, -0.15) is 0 Å². The van der Waals surface area contributed by atoms with Crippen LogP contribution >= 0.6 is 0 Å². The SMILES string of the molecule is CCCC[C@@H]1C(=O)N(C)CCN1C(=O)NCc1cn2ccc(C)cc2n1. The van der Waals surface area contributed by atoms with Crippen molar-refractivity contribution in [3.8, 4) is 0 Å². The van der Waals surface area contributed by atoms with E-state index in [1.165, 1.54) is 0 Å². The standard InChI is InChI=1S/C19H27N5O2/c1-4-5-6-16-18(25)22(3)9-10-24(16)19(26)20-12-15-13-23-8-7-14(2)11-17(23)21-15/h7-8,11,13,16H,4-6,9-10,12H2,1-3H3,(H,20,26)/t16-/m1/s1. The number of aromatic nitrogens is 2. The number of hydrogen-bond donors (Lipinski definition) is 1. The minimum Gasteiger partial charge on any atom is -0.342 e. The van der Waals surface area contributed by atoms with Crippen LogP contribution in [0.1, 0.15) is 37.4 Å². The molecule has 1 atom stereocenters. The summed E-state index contributed by atoms with van der Waals surface area (Å²) in [6.45, 7) is 5.60. The lowest BCUT2D eigenvalue weighted by atomic mass is 10.0. The average molecular weight is 357 g/mol. The number of urea groups is 1. The molecule has 7 nitrogen and oxygen atoms in total. The van der Waals surface area contributed by atoms with E-state index >= 15 is 0 Å². The second kappa shape index (κ2) is 7.76. The number of carbonyl (C=O) groups excluding carboxylic acids is 2. The van der Waals surface area contributed by atoms with Crippen LogP contribution in [-0.4, -0.2) is 57.3 Å². The van der Waals surface area contributed by atoms with Gasteiger partial charge in [0.05, 0.1) is 12.2 Å². The zero-order valence-corrected chi connectivity index (χ0v) is 15.7. The Labute approximate surface area is 154 Å². The molecule has 2 aromatic heterocycles. The summed E-state index contributed by atoms with van der Waals surface area (Å²) in [4.78, 5) is 33.1. The summed E-state index contributed by atoms with van der Waals surface area (Å²) in [6, 6.07) is 3.47. The summed E-state index contributed by atoms with van der Waals surface area (Å²) in [5, 5.41) is 2.93. The molecule has 1 N–H and O–H groups in total. The number of nitrogens with one attached hydrogen (secondary N) is 1. The Morgan fingerprint density at radius 1 is 1.38 bits per heavy atom. The van der Waals surface area contributed by atoms with Gasteiger partial charge in [0.15, 0.2) is 0 Å². The van der Waals surface area contributed by atoms with E-state index in [2.05, 4.69) is 17.2 Å². The fraction of sp³-hybridized carbons (Fsp3) is 0.526. The van der Waals surface area contributed by atoms with Crippen LogP contribution in [-0.2, 0) is 11.3 Å². The molecular formula is C19H27N5O2. The van der Waals surface area contributed by atoms with Gasteiger partial charge < -0.3 is 19.5 Å². The van der Waals surface area contributed by atoms with E-state index in [1.807, 2.05) is 35.9 Å². The maximum absolute atomic E-state index is 12.7. The Morgan fingerprint density at radius 3 is 2.96 bits per heavy atom. The summed E-state index contributed by atoms with van der Waals surface area (Å²) in [7, 11) is 1.80. The van der Waals surface area contributed by atoms with Gasteiger partial charge in [0.2, 0.25) is 5.91 Å². The van der Waals surface area contributed by atoms with Gasteiger partial charge in [0, 0.05) is 32.5 Å². The first-order chi connectivity index (χ1) is 12.5. The van der Waals surface area contributed by atoms with Crippen molar-refractivity contribution in [2.75, 3.05) is 20.1 Å². The van der Waals surface area contributed by atoms with Crippen molar-refractivity contribution in [1.29, 1.82) is 0 Å². The number of likely N-dealkylation sites (N-methyl/N-ethyl adjacent to an activating group) is 1. The lowest BCUT2D eigenvalue weighted by Crippen LogP contribution is -2.59. The minimum absolute atomic E-state index is 0.0306. The van der Waals surface area contributed by atoms with E-state index in [4.69, 9.17) is 0 Å². The molecule has 0 unspecified atom stereocenters. The first-order valence-electron chi connectivity index (χ1n) is 9.23. The van der Waals surface area contributed by atoms with Crippen molar-refractivity contribution in [2.45, 2.75) is 45.7 Å². The second-order valence-corrected chi connectivity index (χ2v) is 6.97. The molecule has 140 valence electrons. The van der Waals surface area contributed by atoms with Crippen LogP contribution in [0.25, 0.3) is 5.65 Å². The Hall–Kier alpha value is -2.57. The first-order valence-corrected chi connectivity index (χ1v) is 9.23. The fourth-order valence-electron chi connectivity index (χ4n) is 3.32. The number of aryl methyl sites for hydroxylation is 1. The van der Waals surface area contributed by atoms with Crippen molar-refractivity contribution >= 4 is 17.6 Å². The Bertz CT molecular complexity index is 800. The van der Waals surface area contributed by atoms with Crippen LogP contribution in [0.4, 0.5) is 4.79 Å². The summed E-state index contributed by atoms with van der Waals surface area (Å²) < 4.78 is 1.94. The zero-order valence-electron chi connectivity index (χ0n) is 15.7. The molecule has 7 heteroatoms. The number of imidazole rings is 1. The Morgan fingerprint density at radius 2 is 2.19 bits per heavy atom. The van der Waals surface area contributed by atoms with E-state index in [0.29, 0.717) is 26.1 Å². The normalized spacial score (nSPS) is 17.8. The van der Waals surface area contributed by atoms with Gasteiger partial charge in [-0.25, -0.2) is 9.78 Å². The molecule has 0 spiro atoms. The van der Waals surface area contributed by atoms with Gasteiger partial charge in [-0.1, -0.05) is 19.8 Å². The van der Waals surface area contributed by atoms with Crippen molar-refractivity contribution < 1.29 is 9.59 Å². The average Bonchev–Trinajstić information content (AvgIpc) is 3.02. The number of rotatable bonds is 5. The quantitative estimate of drug-likeness (QED) is 0.892. The minimum atomic E-state index is -0.364. The molecule has 1 fully saturated rings. The summed E-state index contributed by atoms with van der Waals surface area (Å²) >= 11 is 0. The van der Waals surface area contributed by atoms with Crippen LogP contribution in [0.2, 0.25) is 0 Å². The molecule has 3 heterocycles. The molecule has 1 aliphatic heterocycles. The van der Waals surface area contributed by atoms with E-state index in [9.17, 15) is 9.59 Å². The molecule has 0 saturated carbocycles. The molecule has 1 aliphatic rings. The van der Waals surface area contributed by atoms with E-state index in [0.717, 1.165) is 29.7 Å². The highest BCUT2D eigenvalue weighted by atomic mass is 16.2. The van der Waals surface area contributed by atoms with Gasteiger partial charge in [-0.3, -0.25) is 4.79 Å². The maximum atomic E-state index is 12.7. The first kappa shape index (κ1) is 18.2. The summed E-state index contributed by atoms with van der Waals surface area (Å²) in [5.41, 5.74) is 2.81. The fourth-order valence-corrected chi connectivity index (χ4v) is 3.32. The molecule has 3 amide bonds. The predicted octanol–water partition coefficient (Wildman–Crippen LogP) is 2.19. The third-order valence-corrected chi connectivity index (χ3v) is 4.89. The second-order valence-electron chi connectivity index (χ2n) is 6.97. The number of amides is 3. The summed E-state index contributed by atoms with van der Waals surface area (Å²) in [6.07, 6.45) is 6.52. The molecule has 0 radical (unpaired) electrons. The van der Waals surface area contributed by atoms with Crippen LogP contribution in [0.3, 0.4) is 0 Å². The molecular weight excluding hydrogens is 330 g/mol. The Kier molecular flexibility index (Phi) is 5.44. The van der Waals surface area contributed by atoms with Crippen molar-refractivity contribution in [2.24, 2.45) is 0 Å². The largest absolute Gasteiger partial charge is 0.342 e. The van der Waals surface area contributed by atoms with Gasteiger partial charge in [0.25, 0.3) is 0 Å². The number of pyridine rings is 1. The number of fused-ring (bicyclic) bond motifs is 1. The van der Waals surface area contributed by atoms with Crippen LogP contribution in [0.15, 0.2) is 24.5 Å². The Balaban J connectivity index is 1.66. The number of nitrogens with zero attached hydrogens (tertiary/aromatic N) is 4. The van der Waals surface area contributed by atoms with Crippen molar-refractivity contribution in [3.05, 3.63) is 35.8 Å². The van der Waals surface area contributed by atoms with Gasteiger partial charge in [-0.15, -0.1) is 0 Å². The molecule has 3 rings (SSSR count). The lowest BCUT2D eigenvalue weighted by Gasteiger charge is -2.39. The third kappa shape index (κ3) is 3.81. The molecule has 26 heavy (non-hydrogen) atoms. The monoisotopic (exact) mass is 357 g/mol. The summed E-state index contributed by atoms with van der Waals surface area (Å²) in [5.74, 6) is 0.0306. The topological polar surface area (TPSA) is 70.0 Å². The van der Waals surface area contributed by atoms with Crippen LogP contribution in [0, 0.1) is 6.92 Å². The molecule has 1 saturated heterocycles. The zero-order chi connectivity index (χ0) is 18.7. The maximum Gasteiger partial charge on any atom is 0.318 e. The molecule has 0 bridgehead atoms. The van der Waals surface area contributed by atoms with E-state index in [1.54, 1.807) is 16.8 Å². The third-order valence-electron chi connectivity index (χ3n) is 4.89. The predicted molar refractivity (Wildman–Crippen MR) is 99.8 cm³/mol. The van der Waals surface area contributed by atoms with Gasteiger partial charge >= 0.3 is 6.03 Å². The number of unbranched alkanes of at least 4 members (excludes halogenated alkanes) is 1. The number of piperazine rings is 1. The van der Waals surface area contributed by atoms with E-state index < -0.39 is 0 Å². The van der Waals surface area contributed by atoms with Crippen molar-refractivity contribution in [3.63, 3.8) is 0 Å². The lowest BCUT2D eigenvalue weighted by molar-refractivity contribution is -0.138.